The third-order valence-corrected chi connectivity index (χ3v) is 3.22. The smallest absolute Gasteiger partial charge is 0.433 e. The molecule has 0 aliphatic carbocycles. The summed E-state index contributed by atoms with van der Waals surface area (Å²) in [4.78, 5) is 3.49. The lowest BCUT2D eigenvalue weighted by Crippen LogP contribution is -2.08. The predicted octanol–water partition coefficient (Wildman–Crippen LogP) is 3.86. The summed E-state index contributed by atoms with van der Waals surface area (Å²) in [6, 6.07) is 7.13. The van der Waals surface area contributed by atoms with Crippen LogP contribution >= 0.6 is 11.8 Å². The molecule has 0 aromatic carbocycles. The van der Waals surface area contributed by atoms with E-state index in [4.69, 9.17) is 9.68 Å². The van der Waals surface area contributed by atoms with E-state index < -0.39 is 11.9 Å². The molecule has 0 radical (unpaired) electrons. The van der Waals surface area contributed by atoms with Crippen molar-refractivity contribution in [1.29, 1.82) is 5.26 Å². The van der Waals surface area contributed by atoms with Crippen LogP contribution in [0.3, 0.4) is 0 Å². The molecule has 2 heterocycles. The van der Waals surface area contributed by atoms with Crippen LogP contribution in [0.4, 0.5) is 13.2 Å². The van der Waals surface area contributed by atoms with Crippen molar-refractivity contribution in [2.45, 2.75) is 17.0 Å². The van der Waals surface area contributed by atoms with Gasteiger partial charge in [0.05, 0.1) is 17.6 Å². The van der Waals surface area contributed by atoms with Gasteiger partial charge in [-0.05, 0) is 24.3 Å². The molecule has 7 heteroatoms. The predicted molar refractivity (Wildman–Crippen MR) is 62.2 cm³/mol. The molecule has 0 unspecified atom stereocenters. The van der Waals surface area contributed by atoms with Gasteiger partial charge in [0.2, 0.25) is 0 Å². The van der Waals surface area contributed by atoms with Gasteiger partial charge in [0.1, 0.15) is 22.5 Å². The van der Waals surface area contributed by atoms with Gasteiger partial charge in [-0.1, -0.05) is 11.8 Å². The zero-order chi connectivity index (χ0) is 13.9. The van der Waals surface area contributed by atoms with Crippen molar-refractivity contribution in [2.75, 3.05) is 0 Å². The van der Waals surface area contributed by atoms with Crippen molar-refractivity contribution >= 4 is 11.8 Å². The molecule has 0 bridgehead atoms. The van der Waals surface area contributed by atoms with Gasteiger partial charge in [-0.25, -0.2) is 4.98 Å². The first kappa shape index (κ1) is 13.5. The molecule has 0 spiro atoms. The third kappa shape index (κ3) is 3.29. The molecular weight excluding hydrogens is 277 g/mol. The minimum atomic E-state index is -4.52. The third-order valence-electron chi connectivity index (χ3n) is 2.20. The van der Waals surface area contributed by atoms with E-state index in [1.807, 2.05) is 6.07 Å². The molecule has 98 valence electrons. The van der Waals surface area contributed by atoms with Crippen LogP contribution in [-0.4, -0.2) is 4.98 Å². The van der Waals surface area contributed by atoms with Crippen LogP contribution in [-0.2, 0) is 11.9 Å². The summed E-state index contributed by atoms with van der Waals surface area (Å²) < 4.78 is 42.7. The van der Waals surface area contributed by atoms with E-state index in [0.29, 0.717) is 11.5 Å². The Labute approximate surface area is 111 Å². The average Bonchev–Trinajstić information content (AvgIpc) is 2.88. The summed E-state index contributed by atoms with van der Waals surface area (Å²) in [7, 11) is 0. The first-order chi connectivity index (χ1) is 9.00. The van der Waals surface area contributed by atoms with E-state index in [2.05, 4.69) is 4.98 Å². The zero-order valence-electron chi connectivity index (χ0n) is 9.44. The largest absolute Gasteiger partial charge is 0.468 e. The highest BCUT2D eigenvalue weighted by atomic mass is 32.2. The van der Waals surface area contributed by atoms with Crippen LogP contribution in [0, 0.1) is 11.3 Å². The Morgan fingerprint density at radius 2 is 2.11 bits per heavy atom. The molecule has 2 aromatic rings. The summed E-state index contributed by atoms with van der Waals surface area (Å²) in [5, 5.41) is 8.91. The Kier molecular flexibility index (Phi) is 3.81. The van der Waals surface area contributed by atoms with Gasteiger partial charge >= 0.3 is 6.18 Å². The number of nitriles is 1. The number of hydrogen-bond donors (Lipinski definition) is 0. The topological polar surface area (TPSA) is 49.8 Å². The molecule has 0 aliphatic rings. The number of hydrogen-bond acceptors (Lipinski definition) is 4. The summed E-state index contributed by atoms with van der Waals surface area (Å²) in [5.41, 5.74) is -0.891. The lowest BCUT2D eigenvalue weighted by Gasteiger charge is -2.08. The van der Waals surface area contributed by atoms with Gasteiger partial charge in [0.25, 0.3) is 0 Å². The van der Waals surface area contributed by atoms with E-state index in [9.17, 15) is 13.2 Å². The molecule has 0 atom stereocenters. The summed E-state index contributed by atoms with van der Waals surface area (Å²) in [6.45, 7) is 0. The van der Waals surface area contributed by atoms with Gasteiger partial charge in [-0.15, -0.1) is 0 Å². The summed E-state index contributed by atoms with van der Waals surface area (Å²) in [5.74, 6) is 0.920. The SMILES string of the molecule is N#Cc1ccc(C(F)(F)F)nc1SCc1ccco1. The maximum atomic E-state index is 12.5. The Bertz CT molecular complexity index is 602. The van der Waals surface area contributed by atoms with Crippen molar-refractivity contribution < 1.29 is 17.6 Å². The molecule has 0 saturated carbocycles. The van der Waals surface area contributed by atoms with Crippen LogP contribution in [0.15, 0.2) is 40.0 Å². The molecule has 0 amide bonds. The molecule has 0 saturated heterocycles. The molecular formula is C12H7F3N2OS. The number of halogens is 3. The quantitative estimate of drug-likeness (QED) is 0.803. The first-order valence-corrected chi connectivity index (χ1v) is 6.13. The van der Waals surface area contributed by atoms with Crippen LogP contribution < -0.4 is 0 Å². The normalized spacial score (nSPS) is 11.3. The van der Waals surface area contributed by atoms with Crippen LogP contribution in [0.5, 0.6) is 0 Å². The first-order valence-electron chi connectivity index (χ1n) is 5.14. The number of aromatic nitrogens is 1. The molecule has 3 nitrogen and oxygen atoms in total. The molecule has 0 fully saturated rings. The van der Waals surface area contributed by atoms with Gasteiger partial charge in [-0.3, -0.25) is 0 Å². The molecule has 19 heavy (non-hydrogen) atoms. The van der Waals surface area contributed by atoms with Crippen molar-refractivity contribution in [1.82, 2.24) is 4.98 Å². The standard InChI is InChI=1S/C12H7F3N2OS/c13-12(14,15)10-4-3-8(6-16)11(17-10)19-7-9-2-1-5-18-9/h1-5H,7H2. The van der Waals surface area contributed by atoms with Gasteiger partial charge in [0.15, 0.2) is 0 Å². The van der Waals surface area contributed by atoms with E-state index in [1.54, 1.807) is 12.1 Å². The number of rotatable bonds is 3. The maximum absolute atomic E-state index is 12.5. The van der Waals surface area contributed by atoms with Gasteiger partial charge < -0.3 is 4.42 Å². The van der Waals surface area contributed by atoms with Gasteiger partial charge in [-0.2, -0.15) is 18.4 Å². The number of furan rings is 1. The Morgan fingerprint density at radius 1 is 1.32 bits per heavy atom. The fourth-order valence-corrected chi connectivity index (χ4v) is 2.20. The number of nitrogens with zero attached hydrogens (tertiary/aromatic N) is 2. The maximum Gasteiger partial charge on any atom is 0.433 e. The van der Waals surface area contributed by atoms with E-state index in [1.165, 1.54) is 6.26 Å². The number of thioether (sulfide) groups is 1. The number of pyridine rings is 1. The molecule has 0 N–H and O–H groups in total. The number of alkyl halides is 3. The summed E-state index contributed by atoms with van der Waals surface area (Å²) >= 11 is 1.03. The monoisotopic (exact) mass is 284 g/mol. The second kappa shape index (κ2) is 5.36. The van der Waals surface area contributed by atoms with Gasteiger partial charge in [0, 0.05) is 0 Å². The molecule has 2 rings (SSSR count). The molecule has 2 aromatic heterocycles. The summed E-state index contributed by atoms with van der Waals surface area (Å²) in [6.07, 6.45) is -3.05. The Morgan fingerprint density at radius 3 is 2.68 bits per heavy atom. The highest BCUT2D eigenvalue weighted by Gasteiger charge is 2.33. The average molecular weight is 284 g/mol. The second-order valence-corrected chi connectivity index (χ2v) is 4.49. The highest BCUT2D eigenvalue weighted by molar-refractivity contribution is 7.98. The van der Waals surface area contributed by atoms with Crippen LogP contribution in [0.2, 0.25) is 0 Å². The molecule has 0 aliphatic heterocycles. The minimum Gasteiger partial charge on any atom is -0.468 e. The lowest BCUT2D eigenvalue weighted by molar-refractivity contribution is -0.141. The van der Waals surface area contributed by atoms with E-state index in [-0.39, 0.29) is 10.6 Å². The van der Waals surface area contributed by atoms with Crippen molar-refractivity contribution in [3.05, 3.63) is 47.5 Å². The van der Waals surface area contributed by atoms with E-state index >= 15 is 0 Å². The second-order valence-electron chi connectivity index (χ2n) is 3.53. The fourth-order valence-electron chi connectivity index (χ4n) is 1.33. The van der Waals surface area contributed by atoms with Crippen molar-refractivity contribution in [2.24, 2.45) is 0 Å². The minimum absolute atomic E-state index is 0.0497. The van der Waals surface area contributed by atoms with Crippen LogP contribution in [0.1, 0.15) is 17.0 Å². The van der Waals surface area contributed by atoms with Crippen molar-refractivity contribution in [3.8, 4) is 6.07 Å². The fraction of sp³-hybridized carbons (Fsp3) is 0.167. The zero-order valence-corrected chi connectivity index (χ0v) is 10.3. The van der Waals surface area contributed by atoms with Crippen molar-refractivity contribution in [3.63, 3.8) is 0 Å². The van der Waals surface area contributed by atoms with Crippen LogP contribution in [0.25, 0.3) is 0 Å². The van der Waals surface area contributed by atoms with E-state index in [0.717, 1.165) is 23.9 Å². The Balaban J connectivity index is 2.24. The lowest BCUT2D eigenvalue weighted by atomic mass is 10.2. The Hall–Kier alpha value is -1.94. The highest BCUT2D eigenvalue weighted by Crippen LogP contribution is 2.31.